The van der Waals surface area contributed by atoms with Gasteiger partial charge in [0.05, 0.1) is 0 Å². The van der Waals surface area contributed by atoms with Crippen molar-refractivity contribution in [1.29, 1.82) is 0 Å². The van der Waals surface area contributed by atoms with Crippen molar-refractivity contribution in [2.45, 2.75) is 33.6 Å². The van der Waals surface area contributed by atoms with E-state index in [1.807, 2.05) is 0 Å². The van der Waals surface area contributed by atoms with Crippen molar-refractivity contribution in [3.05, 3.63) is 0 Å². The first kappa shape index (κ1) is 12.0. The maximum absolute atomic E-state index is 2.63. The van der Waals surface area contributed by atoms with Crippen molar-refractivity contribution < 1.29 is 0 Å². The summed E-state index contributed by atoms with van der Waals surface area (Å²) < 4.78 is 0. The van der Waals surface area contributed by atoms with Gasteiger partial charge < -0.3 is 9.80 Å². The zero-order valence-corrected chi connectivity index (χ0v) is 10.1. The quantitative estimate of drug-likeness (QED) is 0.667. The highest BCUT2D eigenvalue weighted by molar-refractivity contribution is 4.72. The van der Waals surface area contributed by atoms with Crippen LogP contribution in [0, 0.1) is 5.92 Å². The lowest BCUT2D eigenvalue weighted by Crippen LogP contribution is -2.47. The van der Waals surface area contributed by atoms with Gasteiger partial charge >= 0.3 is 0 Å². The van der Waals surface area contributed by atoms with Gasteiger partial charge in [0.2, 0.25) is 0 Å². The van der Waals surface area contributed by atoms with Gasteiger partial charge in [-0.15, -0.1) is 0 Å². The second kappa shape index (κ2) is 6.41. The molecule has 1 saturated heterocycles. The van der Waals surface area contributed by atoms with Crippen LogP contribution < -0.4 is 0 Å². The Morgan fingerprint density at radius 1 is 1.00 bits per heavy atom. The molecule has 14 heavy (non-hydrogen) atoms. The number of nitrogens with zero attached hydrogens (tertiary/aromatic N) is 2. The first-order valence-electron chi connectivity index (χ1n) is 6.21. The minimum Gasteiger partial charge on any atom is -0.301 e. The van der Waals surface area contributed by atoms with Gasteiger partial charge in [0.1, 0.15) is 0 Å². The van der Waals surface area contributed by atoms with E-state index in [2.05, 4.69) is 30.6 Å². The average molecular weight is 198 g/mol. The summed E-state index contributed by atoms with van der Waals surface area (Å²) in [6.45, 7) is 14.6. The lowest BCUT2D eigenvalue weighted by Gasteiger charge is -2.35. The van der Waals surface area contributed by atoms with Crippen LogP contribution in [0.25, 0.3) is 0 Å². The van der Waals surface area contributed by atoms with Gasteiger partial charge in [-0.2, -0.15) is 0 Å². The highest BCUT2D eigenvalue weighted by Gasteiger charge is 2.16. The zero-order chi connectivity index (χ0) is 10.4. The van der Waals surface area contributed by atoms with E-state index in [-0.39, 0.29) is 0 Å². The summed E-state index contributed by atoms with van der Waals surface area (Å²) in [6.07, 6.45) is 2.61. The Labute approximate surface area is 89.3 Å². The molecule has 84 valence electrons. The van der Waals surface area contributed by atoms with Crippen LogP contribution in [0.4, 0.5) is 0 Å². The van der Waals surface area contributed by atoms with E-state index < -0.39 is 0 Å². The normalized spacial score (nSPS) is 22.5. The average Bonchev–Trinajstić information content (AvgIpc) is 2.21. The molecule has 0 aromatic heterocycles. The Morgan fingerprint density at radius 3 is 2.07 bits per heavy atom. The van der Waals surface area contributed by atoms with E-state index in [9.17, 15) is 0 Å². The number of piperazine rings is 1. The SMILES string of the molecule is CCCN1CCN(CC(C)CC)CC1. The largest absolute Gasteiger partial charge is 0.301 e. The van der Waals surface area contributed by atoms with Gasteiger partial charge in [0.25, 0.3) is 0 Å². The van der Waals surface area contributed by atoms with Crippen LogP contribution in [-0.2, 0) is 0 Å². The molecule has 0 spiro atoms. The van der Waals surface area contributed by atoms with Crippen molar-refractivity contribution in [3.63, 3.8) is 0 Å². The van der Waals surface area contributed by atoms with Crippen molar-refractivity contribution in [2.24, 2.45) is 5.92 Å². The maximum Gasteiger partial charge on any atom is 0.0110 e. The first-order valence-corrected chi connectivity index (χ1v) is 6.21. The molecule has 0 bridgehead atoms. The summed E-state index contributed by atoms with van der Waals surface area (Å²) >= 11 is 0. The molecule has 1 fully saturated rings. The first-order chi connectivity index (χ1) is 6.76. The van der Waals surface area contributed by atoms with Crippen molar-refractivity contribution in [1.82, 2.24) is 9.80 Å². The van der Waals surface area contributed by atoms with E-state index >= 15 is 0 Å². The molecule has 0 N–H and O–H groups in total. The summed E-state index contributed by atoms with van der Waals surface area (Å²) in [6, 6.07) is 0. The molecule has 0 aromatic carbocycles. The Morgan fingerprint density at radius 2 is 1.57 bits per heavy atom. The van der Waals surface area contributed by atoms with Crippen molar-refractivity contribution in [3.8, 4) is 0 Å². The number of hydrogen-bond acceptors (Lipinski definition) is 2. The molecule has 2 nitrogen and oxygen atoms in total. The van der Waals surface area contributed by atoms with Crippen LogP contribution in [0.3, 0.4) is 0 Å². The summed E-state index contributed by atoms with van der Waals surface area (Å²) in [4.78, 5) is 5.22. The molecule has 1 rings (SSSR count). The van der Waals surface area contributed by atoms with Gasteiger partial charge in [-0.1, -0.05) is 27.2 Å². The second-order valence-electron chi connectivity index (χ2n) is 4.66. The molecule has 2 heteroatoms. The molecular formula is C12H26N2. The van der Waals surface area contributed by atoms with E-state index in [1.54, 1.807) is 0 Å². The number of rotatable bonds is 5. The summed E-state index contributed by atoms with van der Waals surface area (Å²) in [7, 11) is 0. The Balaban J connectivity index is 2.15. The molecule has 0 amide bonds. The Bertz CT molecular complexity index is 139. The maximum atomic E-state index is 2.63. The van der Waals surface area contributed by atoms with Crippen LogP contribution >= 0.6 is 0 Å². The molecule has 1 heterocycles. The summed E-state index contributed by atoms with van der Waals surface area (Å²) in [5, 5.41) is 0. The highest BCUT2D eigenvalue weighted by Crippen LogP contribution is 2.08. The number of hydrogen-bond donors (Lipinski definition) is 0. The van der Waals surface area contributed by atoms with E-state index in [1.165, 1.54) is 52.1 Å². The molecule has 0 aromatic rings. The molecule has 0 saturated carbocycles. The zero-order valence-electron chi connectivity index (χ0n) is 10.1. The molecule has 1 atom stereocenters. The van der Waals surface area contributed by atoms with Crippen molar-refractivity contribution >= 4 is 0 Å². The van der Waals surface area contributed by atoms with Crippen molar-refractivity contribution in [2.75, 3.05) is 39.3 Å². The fourth-order valence-electron chi connectivity index (χ4n) is 2.08. The predicted molar refractivity (Wildman–Crippen MR) is 62.6 cm³/mol. The topological polar surface area (TPSA) is 6.48 Å². The highest BCUT2D eigenvalue weighted by atomic mass is 15.3. The van der Waals surface area contributed by atoms with Gasteiger partial charge in [-0.3, -0.25) is 0 Å². The van der Waals surface area contributed by atoms with Gasteiger partial charge in [-0.25, -0.2) is 0 Å². The van der Waals surface area contributed by atoms with Crippen LogP contribution in [0.2, 0.25) is 0 Å². The fraction of sp³-hybridized carbons (Fsp3) is 1.00. The molecule has 1 aliphatic rings. The standard InChI is InChI=1S/C12H26N2/c1-4-6-13-7-9-14(10-8-13)11-12(3)5-2/h12H,4-11H2,1-3H3. The second-order valence-corrected chi connectivity index (χ2v) is 4.66. The Hall–Kier alpha value is -0.0800. The smallest absolute Gasteiger partial charge is 0.0110 e. The fourth-order valence-corrected chi connectivity index (χ4v) is 2.08. The Kier molecular flexibility index (Phi) is 5.49. The lowest BCUT2D eigenvalue weighted by molar-refractivity contribution is 0.119. The van der Waals surface area contributed by atoms with Gasteiger partial charge in [0, 0.05) is 32.7 Å². The molecule has 1 aliphatic heterocycles. The monoisotopic (exact) mass is 198 g/mol. The molecule has 0 radical (unpaired) electrons. The van der Waals surface area contributed by atoms with E-state index in [0.29, 0.717) is 0 Å². The van der Waals surface area contributed by atoms with E-state index in [0.717, 1.165) is 5.92 Å². The third-order valence-electron chi connectivity index (χ3n) is 3.27. The summed E-state index contributed by atoms with van der Waals surface area (Å²) in [5.41, 5.74) is 0. The summed E-state index contributed by atoms with van der Waals surface area (Å²) in [5.74, 6) is 0.868. The van der Waals surface area contributed by atoms with Crippen LogP contribution in [0.5, 0.6) is 0 Å². The van der Waals surface area contributed by atoms with E-state index in [4.69, 9.17) is 0 Å². The van der Waals surface area contributed by atoms with Crippen LogP contribution in [0.1, 0.15) is 33.6 Å². The minimum atomic E-state index is 0.868. The van der Waals surface area contributed by atoms with Gasteiger partial charge in [0.15, 0.2) is 0 Å². The molecular weight excluding hydrogens is 172 g/mol. The third-order valence-corrected chi connectivity index (χ3v) is 3.27. The predicted octanol–water partition coefficient (Wildman–Crippen LogP) is 2.06. The lowest BCUT2D eigenvalue weighted by atomic mass is 10.1. The van der Waals surface area contributed by atoms with Crippen LogP contribution in [0.15, 0.2) is 0 Å². The van der Waals surface area contributed by atoms with Gasteiger partial charge in [-0.05, 0) is 18.9 Å². The minimum absolute atomic E-state index is 0.868. The molecule has 0 aliphatic carbocycles. The van der Waals surface area contributed by atoms with Crippen LogP contribution in [-0.4, -0.2) is 49.1 Å². The third kappa shape index (κ3) is 3.97. The molecule has 1 unspecified atom stereocenters.